The van der Waals surface area contributed by atoms with Crippen molar-refractivity contribution in [3.8, 4) is 0 Å². The lowest BCUT2D eigenvalue weighted by atomic mass is 10.1. The summed E-state index contributed by atoms with van der Waals surface area (Å²) in [5.41, 5.74) is 8.94. The maximum atomic E-state index is 6.06. The first-order valence-corrected chi connectivity index (χ1v) is 9.74. The van der Waals surface area contributed by atoms with Gasteiger partial charge in [0.1, 0.15) is 4.32 Å². The molecule has 0 aliphatic heterocycles. The SMILES string of the molecule is CCCCCCCCCCCCSC(=S)N(C)C.N=C(N)N. The monoisotopic (exact) mass is 348 g/mol. The van der Waals surface area contributed by atoms with Gasteiger partial charge in [0.15, 0.2) is 5.96 Å². The summed E-state index contributed by atoms with van der Waals surface area (Å²) >= 11 is 7.06. The summed E-state index contributed by atoms with van der Waals surface area (Å²) in [5, 5.41) is 6.06. The van der Waals surface area contributed by atoms with Gasteiger partial charge in [-0.25, -0.2) is 0 Å². The van der Waals surface area contributed by atoms with E-state index >= 15 is 0 Å². The second kappa shape index (κ2) is 18.6. The molecule has 0 radical (unpaired) electrons. The zero-order valence-corrected chi connectivity index (χ0v) is 16.3. The van der Waals surface area contributed by atoms with Crippen LogP contribution in [-0.4, -0.2) is 35.0 Å². The van der Waals surface area contributed by atoms with E-state index < -0.39 is 0 Å². The smallest absolute Gasteiger partial charge is 0.183 e. The molecule has 4 nitrogen and oxygen atoms in total. The molecule has 0 atom stereocenters. The normalized spacial score (nSPS) is 9.77. The molecule has 0 aliphatic rings. The fourth-order valence-corrected chi connectivity index (χ4v) is 2.91. The van der Waals surface area contributed by atoms with E-state index in [9.17, 15) is 0 Å². The van der Waals surface area contributed by atoms with Crippen molar-refractivity contribution in [1.29, 1.82) is 5.41 Å². The van der Waals surface area contributed by atoms with Gasteiger partial charge in [0.25, 0.3) is 0 Å². The summed E-state index contributed by atoms with van der Waals surface area (Å²) in [6, 6.07) is 0. The van der Waals surface area contributed by atoms with E-state index in [0.29, 0.717) is 0 Å². The molecule has 0 saturated heterocycles. The summed E-state index contributed by atoms with van der Waals surface area (Å²) in [6.07, 6.45) is 14.1. The molecule has 0 heterocycles. The zero-order chi connectivity index (χ0) is 17.2. The Kier molecular flexibility index (Phi) is 20.1. The highest BCUT2D eigenvalue weighted by molar-refractivity contribution is 8.22. The first-order chi connectivity index (χ1) is 10.4. The second-order valence-corrected chi connectivity index (χ2v) is 7.37. The van der Waals surface area contributed by atoms with E-state index in [1.54, 1.807) is 0 Å². The minimum absolute atomic E-state index is 0.333. The topological polar surface area (TPSA) is 79.1 Å². The van der Waals surface area contributed by atoms with Crippen LogP contribution in [0, 0.1) is 5.41 Å². The molecule has 0 unspecified atom stereocenters. The standard InChI is InChI=1S/C15H31NS2.CH5N3/c1-4-5-6-7-8-9-10-11-12-13-14-18-15(17)16(2)3;2-1(3)4/h4-14H2,1-3H3;(H5,2,3,4). The third kappa shape index (κ3) is 24.5. The van der Waals surface area contributed by atoms with Gasteiger partial charge in [0.05, 0.1) is 0 Å². The Morgan fingerprint density at radius 3 is 1.64 bits per heavy atom. The van der Waals surface area contributed by atoms with Gasteiger partial charge in [-0.1, -0.05) is 88.7 Å². The van der Waals surface area contributed by atoms with Crippen LogP contribution in [0.4, 0.5) is 0 Å². The summed E-state index contributed by atoms with van der Waals surface area (Å²) in [5.74, 6) is 0.855. The van der Waals surface area contributed by atoms with Crippen LogP contribution in [-0.2, 0) is 0 Å². The van der Waals surface area contributed by atoms with Crippen molar-refractivity contribution in [2.24, 2.45) is 11.5 Å². The van der Waals surface area contributed by atoms with Crippen LogP contribution in [0.5, 0.6) is 0 Å². The van der Waals surface area contributed by atoms with Crippen LogP contribution in [0.25, 0.3) is 0 Å². The number of nitrogens with one attached hydrogen (secondary N) is 1. The summed E-state index contributed by atoms with van der Waals surface area (Å²) in [4.78, 5) is 2.02. The maximum absolute atomic E-state index is 6.06. The number of thioether (sulfide) groups is 1. The number of hydrogen-bond donors (Lipinski definition) is 3. The molecule has 0 aromatic carbocycles. The Bertz CT molecular complexity index is 267. The number of nitrogens with two attached hydrogens (primary N) is 2. The third-order valence-electron chi connectivity index (χ3n) is 3.09. The first kappa shape index (κ1) is 23.8. The van der Waals surface area contributed by atoms with Crippen molar-refractivity contribution in [3.05, 3.63) is 0 Å². The fourth-order valence-electron chi connectivity index (χ4n) is 1.88. The predicted molar refractivity (Wildman–Crippen MR) is 107 cm³/mol. The van der Waals surface area contributed by atoms with Gasteiger partial charge in [0.2, 0.25) is 0 Å². The average molecular weight is 349 g/mol. The Labute approximate surface area is 147 Å². The molecular weight excluding hydrogens is 312 g/mol. The van der Waals surface area contributed by atoms with Crippen molar-refractivity contribution in [2.75, 3.05) is 19.8 Å². The number of hydrogen-bond acceptors (Lipinski definition) is 3. The Morgan fingerprint density at radius 1 is 0.909 bits per heavy atom. The first-order valence-electron chi connectivity index (χ1n) is 8.35. The minimum atomic E-state index is -0.333. The largest absolute Gasteiger partial charge is 0.370 e. The van der Waals surface area contributed by atoms with E-state index in [0.717, 1.165) is 4.32 Å². The van der Waals surface area contributed by atoms with Crippen LogP contribution < -0.4 is 11.5 Å². The van der Waals surface area contributed by atoms with E-state index in [2.05, 4.69) is 18.4 Å². The van der Waals surface area contributed by atoms with E-state index in [4.69, 9.17) is 17.6 Å². The summed E-state index contributed by atoms with van der Waals surface area (Å²) in [7, 11) is 4.04. The van der Waals surface area contributed by atoms with Crippen molar-refractivity contribution >= 4 is 34.3 Å². The number of unbranched alkanes of at least 4 members (excludes halogenated alkanes) is 9. The van der Waals surface area contributed by atoms with Crippen LogP contribution >= 0.6 is 24.0 Å². The van der Waals surface area contributed by atoms with Crippen LogP contribution in [0.15, 0.2) is 0 Å². The van der Waals surface area contributed by atoms with Gasteiger partial charge in [-0.15, -0.1) is 0 Å². The van der Waals surface area contributed by atoms with E-state index in [1.165, 1.54) is 70.0 Å². The molecule has 5 N–H and O–H groups in total. The molecule has 6 heteroatoms. The highest BCUT2D eigenvalue weighted by Crippen LogP contribution is 2.13. The lowest BCUT2D eigenvalue weighted by Gasteiger charge is -2.12. The Balaban J connectivity index is 0. The maximum Gasteiger partial charge on any atom is 0.183 e. The van der Waals surface area contributed by atoms with Gasteiger partial charge in [-0.3, -0.25) is 5.41 Å². The van der Waals surface area contributed by atoms with Gasteiger partial charge < -0.3 is 16.4 Å². The fraction of sp³-hybridized carbons (Fsp3) is 0.875. The third-order valence-corrected chi connectivity index (χ3v) is 4.91. The van der Waals surface area contributed by atoms with Crippen molar-refractivity contribution in [1.82, 2.24) is 4.90 Å². The molecule has 0 spiro atoms. The van der Waals surface area contributed by atoms with Gasteiger partial charge in [0, 0.05) is 19.8 Å². The van der Waals surface area contributed by atoms with Crippen LogP contribution in [0.1, 0.15) is 71.1 Å². The molecule has 22 heavy (non-hydrogen) atoms. The molecule has 0 fully saturated rings. The highest BCUT2D eigenvalue weighted by Gasteiger charge is 1.99. The van der Waals surface area contributed by atoms with Crippen molar-refractivity contribution in [3.63, 3.8) is 0 Å². The Hall–Kier alpha value is -0.490. The quantitative estimate of drug-likeness (QED) is 0.224. The molecule has 0 saturated carbocycles. The molecule has 132 valence electrons. The number of nitrogens with zero attached hydrogens (tertiary/aromatic N) is 1. The second-order valence-electron chi connectivity index (χ2n) is 5.65. The average Bonchev–Trinajstić information content (AvgIpc) is 2.43. The molecule has 0 aromatic heterocycles. The molecular formula is C16H36N4S2. The lowest BCUT2D eigenvalue weighted by Crippen LogP contribution is -2.20. The number of guanidine groups is 1. The van der Waals surface area contributed by atoms with Gasteiger partial charge in [-0.2, -0.15) is 0 Å². The van der Waals surface area contributed by atoms with E-state index in [1.807, 2.05) is 30.8 Å². The molecule has 0 rings (SSSR count). The van der Waals surface area contributed by atoms with Crippen molar-refractivity contribution in [2.45, 2.75) is 71.1 Å². The molecule has 0 aromatic rings. The molecule has 0 bridgehead atoms. The summed E-state index contributed by atoms with van der Waals surface area (Å²) in [6.45, 7) is 2.28. The number of thiocarbonyl (C=S) groups is 1. The zero-order valence-electron chi connectivity index (χ0n) is 14.7. The van der Waals surface area contributed by atoms with Gasteiger partial charge >= 0.3 is 0 Å². The highest BCUT2D eigenvalue weighted by atomic mass is 32.2. The van der Waals surface area contributed by atoms with Gasteiger partial charge in [-0.05, 0) is 6.42 Å². The predicted octanol–water partition coefficient (Wildman–Crippen LogP) is 4.33. The minimum Gasteiger partial charge on any atom is -0.370 e. The number of rotatable bonds is 11. The van der Waals surface area contributed by atoms with Crippen LogP contribution in [0.2, 0.25) is 0 Å². The Morgan fingerprint density at radius 2 is 1.27 bits per heavy atom. The van der Waals surface area contributed by atoms with Crippen LogP contribution in [0.3, 0.4) is 0 Å². The lowest BCUT2D eigenvalue weighted by molar-refractivity contribution is 0.563. The summed E-state index contributed by atoms with van der Waals surface area (Å²) < 4.78 is 1.02. The molecule has 0 aliphatic carbocycles. The van der Waals surface area contributed by atoms with E-state index in [-0.39, 0.29) is 5.96 Å². The molecule has 0 amide bonds. The van der Waals surface area contributed by atoms with Crippen molar-refractivity contribution < 1.29 is 0 Å².